The molecule has 16 heavy (non-hydrogen) atoms. The number of aromatic nitrogens is 1. The number of rotatable bonds is 6. The highest BCUT2D eigenvalue weighted by Gasteiger charge is 2.06. The largest absolute Gasteiger partial charge is 0.472 e. The lowest BCUT2D eigenvalue weighted by Crippen LogP contribution is -2.19. The molecule has 1 unspecified atom stereocenters. The Morgan fingerprint density at radius 1 is 1.44 bits per heavy atom. The summed E-state index contributed by atoms with van der Waals surface area (Å²) in [4.78, 5) is 4.24. The number of ether oxygens (including phenoxy) is 2. The molecule has 0 bridgehead atoms. The van der Waals surface area contributed by atoms with Crippen LogP contribution in [0.2, 0.25) is 0 Å². The molecule has 0 amide bonds. The van der Waals surface area contributed by atoms with E-state index in [0.29, 0.717) is 19.1 Å². The standard InChI is InChI=1S/C12H19NO3/c1-4-15-8-10(3)16-12-6-11(7-14)5-9(2)13-12/h5-6,10,14H,4,7-8H2,1-3H3. The zero-order valence-electron chi connectivity index (χ0n) is 10.1. The third-order valence-corrected chi connectivity index (χ3v) is 2.05. The lowest BCUT2D eigenvalue weighted by Gasteiger charge is -2.14. The van der Waals surface area contributed by atoms with Crippen molar-refractivity contribution in [3.05, 3.63) is 23.4 Å². The average Bonchev–Trinajstić information content (AvgIpc) is 2.25. The van der Waals surface area contributed by atoms with Crippen molar-refractivity contribution in [3.63, 3.8) is 0 Å². The molecule has 1 aromatic heterocycles. The van der Waals surface area contributed by atoms with Gasteiger partial charge in [0.2, 0.25) is 5.88 Å². The van der Waals surface area contributed by atoms with Crippen molar-refractivity contribution in [3.8, 4) is 5.88 Å². The van der Waals surface area contributed by atoms with Crippen LogP contribution in [0.3, 0.4) is 0 Å². The van der Waals surface area contributed by atoms with E-state index in [-0.39, 0.29) is 12.7 Å². The highest BCUT2D eigenvalue weighted by molar-refractivity contribution is 5.24. The van der Waals surface area contributed by atoms with Gasteiger partial charge in [0, 0.05) is 18.4 Å². The summed E-state index contributed by atoms with van der Waals surface area (Å²) >= 11 is 0. The zero-order chi connectivity index (χ0) is 12.0. The van der Waals surface area contributed by atoms with Crippen molar-refractivity contribution in [2.24, 2.45) is 0 Å². The Kier molecular flexibility index (Phi) is 5.22. The maximum Gasteiger partial charge on any atom is 0.214 e. The maximum absolute atomic E-state index is 9.05. The van der Waals surface area contributed by atoms with Gasteiger partial charge in [0.05, 0.1) is 13.2 Å². The molecular formula is C12H19NO3. The van der Waals surface area contributed by atoms with E-state index in [0.717, 1.165) is 11.3 Å². The minimum Gasteiger partial charge on any atom is -0.472 e. The van der Waals surface area contributed by atoms with Gasteiger partial charge in [-0.3, -0.25) is 0 Å². The Morgan fingerprint density at radius 3 is 2.81 bits per heavy atom. The second-order valence-electron chi connectivity index (χ2n) is 3.70. The van der Waals surface area contributed by atoms with Crippen LogP contribution in [0.15, 0.2) is 12.1 Å². The van der Waals surface area contributed by atoms with E-state index < -0.39 is 0 Å². The minimum absolute atomic E-state index is 0.000436. The highest BCUT2D eigenvalue weighted by Crippen LogP contribution is 2.14. The van der Waals surface area contributed by atoms with Crippen LogP contribution in [0.1, 0.15) is 25.1 Å². The SMILES string of the molecule is CCOCC(C)Oc1cc(CO)cc(C)n1. The van der Waals surface area contributed by atoms with E-state index in [2.05, 4.69) is 4.98 Å². The lowest BCUT2D eigenvalue weighted by molar-refractivity contribution is 0.0632. The molecule has 1 rings (SSSR count). The third kappa shape index (κ3) is 4.16. The van der Waals surface area contributed by atoms with E-state index in [9.17, 15) is 0 Å². The van der Waals surface area contributed by atoms with E-state index in [4.69, 9.17) is 14.6 Å². The predicted octanol–water partition coefficient (Wildman–Crippen LogP) is 1.69. The summed E-state index contributed by atoms with van der Waals surface area (Å²) in [5.41, 5.74) is 1.65. The van der Waals surface area contributed by atoms with Crippen LogP contribution >= 0.6 is 0 Å². The third-order valence-electron chi connectivity index (χ3n) is 2.05. The summed E-state index contributed by atoms with van der Waals surface area (Å²) in [7, 11) is 0. The molecule has 0 saturated heterocycles. The molecule has 0 saturated carbocycles. The van der Waals surface area contributed by atoms with E-state index in [1.54, 1.807) is 6.07 Å². The van der Waals surface area contributed by atoms with Gasteiger partial charge in [-0.15, -0.1) is 0 Å². The average molecular weight is 225 g/mol. The van der Waals surface area contributed by atoms with Crippen LogP contribution in [0, 0.1) is 6.92 Å². The van der Waals surface area contributed by atoms with E-state index >= 15 is 0 Å². The van der Waals surface area contributed by atoms with Crippen LogP contribution in [0.25, 0.3) is 0 Å². The first-order valence-corrected chi connectivity index (χ1v) is 5.48. The van der Waals surface area contributed by atoms with Crippen LogP contribution in [-0.2, 0) is 11.3 Å². The molecule has 90 valence electrons. The van der Waals surface area contributed by atoms with Crippen LogP contribution in [-0.4, -0.2) is 29.4 Å². The molecule has 1 heterocycles. The summed E-state index contributed by atoms with van der Waals surface area (Å²) in [6, 6.07) is 3.58. The van der Waals surface area contributed by atoms with Crippen molar-refractivity contribution < 1.29 is 14.6 Å². The molecular weight excluding hydrogens is 206 g/mol. The normalized spacial score (nSPS) is 12.5. The van der Waals surface area contributed by atoms with Gasteiger partial charge >= 0.3 is 0 Å². The number of nitrogens with zero attached hydrogens (tertiary/aromatic N) is 1. The first-order chi connectivity index (χ1) is 7.65. The van der Waals surface area contributed by atoms with Gasteiger partial charge in [-0.25, -0.2) is 4.98 Å². The summed E-state index contributed by atoms with van der Waals surface area (Å²) in [5, 5.41) is 9.05. The first kappa shape index (κ1) is 12.9. The van der Waals surface area contributed by atoms with E-state index in [1.807, 2.05) is 26.8 Å². The number of hydrogen-bond acceptors (Lipinski definition) is 4. The molecule has 1 aromatic rings. The Balaban J connectivity index is 2.61. The molecule has 0 fully saturated rings. The molecule has 0 aliphatic heterocycles. The summed E-state index contributed by atoms with van der Waals surface area (Å²) in [5.74, 6) is 0.538. The highest BCUT2D eigenvalue weighted by atomic mass is 16.5. The maximum atomic E-state index is 9.05. The van der Waals surface area contributed by atoms with Gasteiger partial charge in [0.15, 0.2) is 0 Å². The van der Waals surface area contributed by atoms with Gasteiger partial charge in [-0.2, -0.15) is 0 Å². The monoisotopic (exact) mass is 225 g/mol. The summed E-state index contributed by atoms with van der Waals surface area (Å²) in [6.07, 6.45) is -0.0409. The number of hydrogen-bond donors (Lipinski definition) is 1. The predicted molar refractivity (Wildman–Crippen MR) is 61.5 cm³/mol. The minimum atomic E-state index is -0.0409. The molecule has 4 nitrogen and oxygen atoms in total. The molecule has 1 atom stereocenters. The molecule has 0 aliphatic carbocycles. The van der Waals surface area contributed by atoms with Crippen molar-refractivity contribution in [1.82, 2.24) is 4.98 Å². The second kappa shape index (κ2) is 6.45. The molecule has 0 radical (unpaired) electrons. The molecule has 0 aromatic carbocycles. The fourth-order valence-corrected chi connectivity index (χ4v) is 1.38. The van der Waals surface area contributed by atoms with Gasteiger partial charge < -0.3 is 14.6 Å². The molecule has 0 spiro atoms. The lowest BCUT2D eigenvalue weighted by atomic mass is 10.2. The smallest absolute Gasteiger partial charge is 0.214 e. The van der Waals surface area contributed by atoms with Crippen molar-refractivity contribution >= 4 is 0 Å². The topological polar surface area (TPSA) is 51.6 Å². The molecule has 1 N–H and O–H groups in total. The molecule has 4 heteroatoms. The number of aliphatic hydroxyl groups is 1. The number of aliphatic hydroxyl groups excluding tert-OH is 1. The Morgan fingerprint density at radius 2 is 2.19 bits per heavy atom. The number of pyridine rings is 1. The quantitative estimate of drug-likeness (QED) is 0.800. The Labute approximate surface area is 96.2 Å². The van der Waals surface area contributed by atoms with Crippen molar-refractivity contribution in [1.29, 1.82) is 0 Å². The van der Waals surface area contributed by atoms with Gasteiger partial charge in [0.25, 0.3) is 0 Å². The second-order valence-corrected chi connectivity index (χ2v) is 3.70. The number of aryl methyl sites for hydroxylation is 1. The Bertz CT molecular complexity index is 328. The molecule has 0 aliphatic rings. The fraction of sp³-hybridized carbons (Fsp3) is 0.583. The Hall–Kier alpha value is -1.13. The van der Waals surface area contributed by atoms with Crippen molar-refractivity contribution in [2.75, 3.05) is 13.2 Å². The summed E-state index contributed by atoms with van der Waals surface area (Å²) < 4.78 is 10.8. The van der Waals surface area contributed by atoms with Crippen LogP contribution in [0.4, 0.5) is 0 Å². The van der Waals surface area contributed by atoms with E-state index in [1.165, 1.54) is 0 Å². The first-order valence-electron chi connectivity index (χ1n) is 5.48. The summed E-state index contributed by atoms with van der Waals surface area (Å²) in [6.45, 7) is 6.97. The van der Waals surface area contributed by atoms with Gasteiger partial charge in [-0.1, -0.05) is 0 Å². The van der Waals surface area contributed by atoms with Gasteiger partial charge in [-0.05, 0) is 32.4 Å². The van der Waals surface area contributed by atoms with Crippen LogP contribution < -0.4 is 4.74 Å². The zero-order valence-corrected chi connectivity index (χ0v) is 10.1. The fourth-order valence-electron chi connectivity index (χ4n) is 1.38. The van der Waals surface area contributed by atoms with Crippen LogP contribution in [0.5, 0.6) is 5.88 Å². The van der Waals surface area contributed by atoms with Gasteiger partial charge in [0.1, 0.15) is 6.10 Å². The van der Waals surface area contributed by atoms with Crippen molar-refractivity contribution in [2.45, 2.75) is 33.5 Å².